The standard InChI is InChI=1S/C18H12N4O8P2/c23-15-9-10-21(16(24)19-31-27-11-5-1-2-6-12(11)28-31)18(26)22(15)17(25)20-32-29-13-7-3-4-8-14(13)30-32/h1-10H,(H,19,24)(H,20,25). The first kappa shape index (κ1) is 20.0. The number of nitrogens with one attached hydrogen (secondary N) is 2. The van der Waals surface area contributed by atoms with Crippen LogP contribution in [-0.4, -0.2) is 21.2 Å². The first-order valence-electron chi connectivity index (χ1n) is 8.96. The Morgan fingerprint density at radius 2 is 1.12 bits per heavy atom. The maximum Gasteiger partial charge on any atom is 0.418 e. The monoisotopic (exact) mass is 474 g/mol. The van der Waals surface area contributed by atoms with Gasteiger partial charge in [0, 0.05) is 12.3 Å². The van der Waals surface area contributed by atoms with Crippen molar-refractivity contribution in [3.63, 3.8) is 0 Å². The largest absolute Gasteiger partial charge is 0.419 e. The highest BCUT2D eigenvalue weighted by molar-refractivity contribution is 7.47. The molecule has 3 heterocycles. The molecular formula is C18H12N4O8P2. The summed E-state index contributed by atoms with van der Waals surface area (Å²) < 4.78 is 22.7. The molecule has 0 saturated carbocycles. The van der Waals surface area contributed by atoms with Crippen molar-refractivity contribution in [2.45, 2.75) is 0 Å². The van der Waals surface area contributed by atoms with Gasteiger partial charge < -0.3 is 18.1 Å². The number of nitrogens with zero attached hydrogens (tertiary/aromatic N) is 2. The summed E-state index contributed by atoms with van der Waals surface area (Å²) in [6.07, 6.45) is 0.950. The van der Waals surface area contributed by atoms with Crippen LogP contribution in [0.25, 0.3) is 0 Å². The minimum atomic E-state index is -1.97. The summed E-state index contributed by atoms with van der Waals surface area (Å²) in [5.74, 6) is 1.71. The summed E-state index contributed by atoms with van der Waals surface area (Å²) in [7, 11) is -3.87. The summed E-state index contributed by atoms with van der Waals surface area (Å²) >= 11 is 0. The van der Waals surface area contributed by atoms with E-state index in [0.29, 0.717) is 27.6 Å². The number of rotatable bonds is 2. The molecule has 1 aromatic heterocycles. The lowest BCUT2D eigenvalue weighted by molar-refractivity contribution is 0.241. The van der Waals surface area contributed by atoms with Crippen LogP contribution in [0.2, 0.25) is 0 Å². The Morgan fingerprint density at radius 3 is 1.59 bits per heavy atom. The van der Waals surface area contributed by atoms with E-state index in [9.17, 15) is 19.2 Å². The molecule has 3 aromatic rings. The van der Waals surface area contributed by atoms with Gasteiger partial charge in [-0.1, -0.05) is 24.3 Å². The van der Waals surface area contributed by atoms with Crippen molar-refractivity contribution in [3.8, 4) is 23.0 Å². The minimum absolute atomic E-state index is 0.260. The van der Waals surface area contributed by atoms with Gasteiger partial charge in [-0.15, -0.1) is 0 Å². The molecule has 2 aliphatic heterocycles. The predicted octanol–water partition coefficient (Wildman–Crippen LogP) is 2.52. The number of hydrogen-bond donors (Lipinski definition) is 2. The summed E-state index contributed by atoms with van der Waals surface area (Å²) in [6.45, 7) is 0. The maximum atomic E-state index is 12.7. The van der Waals surface area contributed by atoms with Crippen molar-refractivity contribution in [1.29, 1.82) is 0 Å². The Hall–Kier alpha value is -3.88. The van der Waals surface area contributed by atoms with Crippen molar-refractivity contribution in [2.24, 2.45) is 0 Å². The number of benzene rings is 2. The second kappa shape index (κ2) is 7.99. The maximum absolute atomic E-state index is 12.7. The van der Waals surface area contributed by atoms with Crippen LogP contribution in [0.15, 0.2) is 70.4 Å². The Labute approximate surface area is 181 Å². The molecule has 12 nitrogen and oxygen atoms in total. The lowest BCUT2D eigenvalue weighted by Crippen LogP contribution is -2.49. The first-order valence-corrected chi connectivity index (χ1v) is 11.3. The van der Waals surface area contributed by atoms with E-state index in [1.165, 1.54) is 0 Å². The van der Waals surface area contributed by atoms with Crippen LogP contribution >= 0.6 is 17.1 Å². The lowest BCUT2D eigenvalue weighted by Gasteiger charge is -2.13. The Kier molecular flexibility index (Phi) is 5.01. The molecule has 0 radical (unpaired) electrons. The van der Waals surface area contributed by atoms with Gasteiger partial charge >= 0.3 is 34.8 Å². The molecular weight excluding hydrogens is 462 g/mol. The van der Waals surface area contributed by atoms with Gasteiger partial charge in [0.2, 0.25) is 0 Å². The SMILES string of the molecule is O=C(NP1Oc2ccccc2O1)n1ccc(=O)n(C(=O)NP2Oc3ccccc3O2)c1=O. The fourth-order valence-electron chi connectivity index (χ4n) is 2.77. The topological polar surface area (TPSA) is 139 Å². The number of hydrogen-bond acceptors (Lipinski definition) is 8. The second-order valence-corrected chi connectivity index (χ2v) is 8.45. The summed E-state index contributed by atoms with van der Waals surface area (Å²) in [6, 6.07) is 12.4. The van der Waals surface area contributed by atoms with E-state index in [-0.39, 0.29) is 4.57 Å². The molecule has 0 spiro atoms. The number of carbonyl (C=O) groups excluding carboxylic acids is 2. The number of para-hydroxylation sites is 4. The van der Waals surface area contributed by atoms with E-state index in [1.807, 2.05) is 0 Å². The Morgan fingerprint density at radius 1 is 0.688 bits per heavy atom. The second-order valence-electron chi connectivity index (χ2n) is 6.25. The van der Waals surface area contributed by atoms with Gasteiger partial charge in [-0.2, -0.15) is 4.57 Å². The number of amides is 2. The van der Waals surface area contributed by atoms with Crippen LogP contribution in [-0.2, 0) is 0 Å². The number of aromatic nitrogens is 2. The zero-order valence-electron chi connectivity index (χ0n) is 15.8. The van der Waals surface area contributed by atoms with Crippen LogP contribution in [0.3, 0.4) is 0 Å². The van der Waals surface area contributed by atoms with Gasteiger partial charge in [0.25, 0.3) is 5.56 Å². The number of fused-ring (bicyclic) bond motifs is 2. The molecule has 162 valence electrons. The van der Waals surface area contributed by atoms with E-state index < -0.39 is 40.4 Å². The normalized spacial score (nSPS) is 14.2. The molecule has 2 aromatic carbocycles. The molecule has 0 saturated heterocycles. The van der Waals surface area contributed by atoms with Crippen LogP contribution in [0.1, 0.15) is 0 Å². The Balaban J connectivity index is 1.32. The molecule has 2 amide bonds. The predicted molar refractivity (Wildman–Crippen MR) is 112 cm³/mol. The lowest BCUT2D eigenvalue weighted by atomic mass is 10.3. The summed E-state index contributed by atoms with van der Waals surface area (Å²) in [4.78, 5) is 50.0. The highest BCUT2D eigenvalue weighted by Gasteiger charge is 2.31. The van der Waals surface area contributed by atoms with E-state index in [2.05, 4.69) is 10.2 Å². The van der Waals surface area contributed by atoms with Gasteiger partial charge in [0.1, 0.15) is 0 Å². The smallest absolute Gasteiger partial charge is 0.418 e. The summed E-state index contributed by atoms with van der Waals surface area (Å²) in [5, 5.41) is 4.73. The fourth-order valence-corrected chi connectivity index (χ4v) is 4.86. The molecule has 14 heteroatoms. The molecule has 0 fully saturated rings. The molecule has 2 aliphatic rings. The molecule has 0 unspecified atom stereocenters. The highest BCUT2D eigenvalue weighted by atomic mass is 31.2. The fraction of sp³-hybridized carbons (Fsp3) is 0. The third-order valence-corrected chi connectivity index (χ3v) is 6.40. The summed E-state index contributed by atoms with van der Waals surface area (Å²) in [5.41, 5.74) is -2.12. The minimum Gasteiger partial charge on any atom is -0.419 e. The molecule has 5 rings (SSSR count). The van der Waals surface area contributed by atoms with Gasteiger partial charge in [-0.3, -0.25) is 4.79 Å². The van der Waals surface area contributed by atoms with Crippen molar-refractivity contribution < 1.29 is 27.7 Å². The average Bonchev–Trinajstić information content (AvgIpc) is 3.36. The Bertz CT molecular complexity index is 1310. The quantitative estimate of drug-likeness (QED) is 0.541. The first-order chi connectivity index (χ1) is 15.5. The van der Waals surface area contributed by atoms with Crippen molar-refractivity contribution in [2.75, 3.05) is 0 Å². The van der Waals surface area contributed by atoms with Crippen molar-refractivity contribution in [1.82, 2.24) is 19.3 Å². The zero-order valence-corrected chi connectivity index (χ0v) is 17.6. The van der Waals surface area contributed by atoms with E-state index in [1.54, 1.807) is 48.5 Å². The van der Waals surface area contributed by atoms with Crippen LogP contribution in [0.4, 0.5) is 9.59 Å². The number of carbonyl (C=O) groups is 2. The van der Waals surface area contributed by atoms with Crippen LogP contribution in [0, 0.1) is 0 Å². The van der Waals surface area contributed by atoms with Crippen molar-refractivity contribution in [3.05, 3.63) is 81.6 Å². The van der Waals surface area contributed by atoms with Crippen LogP contribution in [0.5, 0.6) is 23.0 Å². The third kappa shape index (κ3) is 3.66. The molecule has 2 N–H and O–H groups in total. The van der Waals surface area contributed by atoms with Gasteiger partial charge in [0.15, 0.2) is 23.0 Å². The van der Waals surface area contributed by atoms with Crippen molar-refractivity contribution >= 4 is 29.1 Å². The molecule has 0 bridgehead atoms. The van der Waals surface area contributed by atoms with E-state index >= 15 is 0 Å². The third-order valence-electron chi connectivity index (χ3n) is 4.20. The molecule has 0 aliphatic carbocycles. The van der Waals surface area contributed by atoms with Gasteiger partial charge in [-0.05, 0) is 24.3 Å². The van der Waals surface area contributed by atoms with Gasteiger partial charge in [-0.25, -0.2) is 29.1 Å². The average molecular weight is 474 g/mol. The van der Waals surface area contributed by atoms with E-state index in [4.69, 9.17) is 18.1 Å². The van der Waals surface area contributed by atoms with Gasteiger partial charge in [0.05, 0.1) is 0 Å². The van der Waals surface area contributed by atoms with E-state index in [0.717, 1.165) is 12.3 Å². The molecule has 32 heavy (non-hydrogen) atoms. The molecule has 0 atom stereocenters. The highest BCUT2D eigenvalue weighted by Crippen LogP contribution is 2.50. The zero-order chi connectivity index (χ0) is 22.2. The van der Waals surface area contributed by atoms with Crippen LogP contribution < -0.4 is 39.5 Å².